The molecule has 3 heteroatoms. The molecule has 0 bridgehead atoms. The number of nitrogens with zero attached hydrogens (tertiary/aromatic N) is 1. The van der Waals surface area contributed by atoms with Crippen LogP contribution in [0.1, 0.15) is 40.5 Å². The number of carbonyl (C=O) groups is 1. The molecule has 16 heavy (non-hydrogen) atoms. The molecule has 0 saturated carbocycles. The van der Waals surface area contributed by atoms with Crippen LogP contribution in [0.3, 0.4) is 0 Å². The zero-order valence-electron chi connectivity index (χ0n) is 10.9. The Morgan fingerprint density at radius 3 is 2.69 bits per heavy atom. The molecular weight excluding hydrogens is 200 g/mol. The summed E-state index contributed by atoms with van der Waals surface area (Å²) >= 11 is 0. The van der Waals surface area contributed by atoms with E-state index in [0.29, 0.717) is 6.42 Å². The summed E-state index contributed by atoms with van der Waals surface area (Å²) in [6.45, 7) is 9.91. The number of rotatable bonds is 2. The molecular formula is C13H24N2O. The summed E-state index contributed by atoms with van der Waals surface area (Å²) in [6, 6.07) is -0.0637. The maximum atomic E-state index is 12.0. The summed E-state index contributed by atoms with van der Waals surface area (Å²) in [5, 5.41) is 0. The molecule has 0 radical (unpaired) electrons. The molecule has 92 valence electrons. The predicted molar refractivity (Wildman–Crippen MR) is 67.0 cm³/mol. The van der Waals surface area contributed by atoms with Crippen molar-refractivity contribution in [3.8, 4) is 0 Å². The molecule has 0 saturated heterocycles. The summed E-state index contributed by atoms with van der Waals surface area (Å²) in [5.41, 5.74) is 7.31. The van der Waals surface area contributed by atoms with Crippen LogP contribution in [0.25, 0.3) is 0 Å². The number of amides is 1. The van der Waals surface area contributed by atoms with Crippen LogP contribution in [0, 0.1) is 5.41 Å². The third kappa shape index (κ3) is 3.63. The van der Waals surface area contributed by atoms with Gasteiger partial charge in [-0.2, -0.15) is 0 Å². The average Bonchev–Trinajstić information content (AvgIpc) is 2.16. The van der Waals surface area contributed by atoms with E-state index < -0.39 is 0 Å². The van der Waals surface area contributed by atoms with Gasteiger partial charge in [0.25, 0.3) is 0 Å². The zero-order valence-corrected chi connectivity index (χ0v) is 10.9. The highest BCUT2D eigenvalue weighted by Crippen LogP contribution is 2.21. The molecule has 0 aromatic heterocycles. The normalized spacial score (nSPS) is 19.3. The summed E-state index contributed by atoms with van der Waals surface area (Å²) < 4.78 is 0. The van der Waals surface area contributed by atoms with Crippen LogP contribution < -0.4 is 5.73 Å². The second-order valence-corrected chi connectivity index (χ2v) is 5.83. The minimum absolute atomic E-state index is 0.00364. The third-order valence-corrected chi connectivity index (χ3v) is 3.19. The lowest BCUT2D eigenvalue weighted by Gasteiger charge is -2.31. The highest BCUT2D eigenvalue weighted by Gasteiger charge is 2.26. The zero-order chi connectivity index (χ0) is 12.3. The van der Waals surface area contributed by atoms with Gasteiger partial charge in [0.2, 0.25) is 5.91 Å². The minimum Gasteiger partial charge on any atom is -0.338 e. The molecule has 1 atom stereocenters. The second-order valence-electron chi connectivity index (χ2n) is 5.83. The lowest BCUT2D eigenvalue weighted by atomic mass is 9.85. The smallest absolute Gasteiger partial charge is 0.224 e. The Balaban J connectivity index is 2.50. The monoisotopic (exact) mass is 224 g/mol. The maximum absolute atomic E-state index is 12.0. The van der Waals surface area contributed by atoms with Crippen molar-refractivity contribution in [1.29, 1.82) is 0 Å². The molecule has 0 fully saturated rings. The molecule has 0 aliphatic carbocycles. The topological polar surface area (TPSA) is 46.3 Å². The lowest BCUT2D eigenvalue weighted by molar-refractivity contribution is -0.131. The van der Waals surface area contributed by atoms with Gasteiger partial charge in [-0.15, -0.1) is 0 Å². The number of nitrogens with two attached hydrogens (primary N) is 1. The summed E-state index contributed by atoms with van der Waals surface area (Å²) in [7, 11) is 0. The van der Waals surface area contributed by atoms with Gasteiger partial charge >= 0.3 is 0 Å². The second kappa shape index (κ2) is 5.00. The third-order valence-electron chi connectivity index (χ3n) is 3.19. The Morgan fingerprint density at radius 1 is 1.56 bits per heavy atom. The van der Waals surface area contributed by atoms with Crippen LogP contribution in [0.15, 0.2) is 11.6 Å². The Kier molecular flexibility index (Phi) is 4.14. The van der Waals surface area contributed by atoms with Crippen molar-refractivity contribution >= 4 is 5.91 Å². The van der Waals surface area contributed by atoms with Gasteiger partial charge in [0.05, 0.1) is 0 Å². The van der Waals surface area contributed by atoms with Gasteiger partial charge < -0.3 is 10.6 Å². The highest BCUT2D eigenvalue weighted by molar-refractivity contribution is 5.77. The Bertz CT molecular complexity index is 289. The van der Waals surface area contributed by atoms with Gasteiger partial charge in [0, 0.05) is 25.6 Å². The van der Waals surface area contributed by atoms with E-state index in [2.05, 4.69) is 33.8 Å². The van der Waals surface area contributed by atoms with E-state index in [1.165, 1.54) is 5.57 Å². The van der Waals surface area contributed by atoms with E-state index in [4.69, 9.17) is 5.73 Å². The van der Waals surface area contributed by atoms with E-state index in [1.807, 2.05) is 4.90 Å². The first kappa shape index (κ1) is 13.2. The van der Waals surface area contributed by atoms with Crippen molar-refractivity contribution < 1.29 is 4.79 Å². The molecule has 1 aliphatic heterocycles. The first-order chi connectivity index (χ1) is 7.30. The van der Waals surface area contributed by atoms with Crippen molar-refractivity contribution in [2.45, 2.75) is 46.6 Å². The molecule has 3 nitrogen and oxygen atoms in total. The van der Waals surface area contributed by atoms with E-state index in [9.17, 15) is 4.79 Å². The predicted octanol–water partition coefficient (Wildman–Crippen LogP) is 1.93. The van der Waals surface area contributed by atoms with Crippen LogP contribution in [-0.4, -0.2) is 29.9 Å². The molecule has 0 spiro atoms. The summed E-state index contributed by atoms with van der Waals surface area (Å²) in [6.07, 6.45) is 3.63. The van der Waals surface area contributed by atoms with Crippen molar-refractivity contribution in [2.24, 2.45) is 11.1 Å². The van der Waals surface area contributed by atoms with Crippen molar-refractivity contribution in [3.63, 3.8) is 0 Å². The molecule has 1 rings (SSSR count). The van der Waals surface area contributed by atoms with E-state index in [1.54, 1.807) is 0 Å². The van der Waals surface area contributed by atoms with Crippen LogP contribution in [-0.2, 0) is 4.79 Å². The van der Waals surface area contributed by atoms with Gasteiger partial charge in [-0.3, -0.25) is 4.79 Å². The summed E-state index contributed by atoms with van der Waals surface area (Å²) in [4.78, 5) is 13.9. The van der Waals surface area contributed by atoms with E-state index in [-0.39, 0.29) is 17.4 Å². The largest absolute Gasteiger partial charge is 0.338 e. The standard InChI is InChI=1S/C13H24N2O/c1-10-6-5-7-15(9-10)12(16)8-11(14)13(2,3)4/h6,11H,5,7-9,14H2,1-4H3. The van der Waals surface area contributed by atoms with Gasteiger partial charge in [0.15, 0.2) is 0 Å². The average molecular weight is 224 g/mol. The molecule has 1 amide bonds. The molecule has 1 aliphatic rings. The lowest BCUT2D eigenvalue weighted by Crippen LogP contribution is -2.43. The Labute approximate surface area is 98.7 Å². The van der Waals surface area contributed by atoms with Crippen LogP contribution >= 0.6 is 0 Å². The molecule has 1 heterocycles. The van der Waals surface area contributed by atoms with Crippen LogP contribution in [0.5, 0.6) is 0 Å². The van der Waals surface area contributed by atoms with E-state index in [0.717, 1.165) is 19.5 Å². The fraction of sp³-hybridized carbons (Fsp3) is 0.769. The van der Waals surface area contributed by atoms with Gasteiger partial charge in [-0.25, -0.2) is 0 Å². The SMILES string of the molecule is CC1=CCCN(C(=O)CC(N)C(C)(C)C)C1. The summed E-state index contributed by atoms with van der Waals surface area (Å²) in [5.74, 6) is 0.190. The molecule has 2 N–H and O–H groups in total. The number of carbonyl (C=O) groups excluding carboxylic acids is 1. The van der Waals surface area contributed by atoms with E-state index >= 15 is 0 Å². The molecule has 1 unspecified atom stereocenters. The minimum atomic E-state index is -0.0637. The van der Waals surface area contributed by atoms with Crippen molar-refractivity contribution in [3.05, 3.63) is 11.6 Å². The Hall–Kier alpha value is -0.830. The van der Waals surface area contributed by atoms with Gasteiger partial charge in [-0.05, 0) is 18.8 Å². The number of hydrogen-bond acceptors (Lipinski definition) is 2. The first-order valence-electron chi connectivity index (χ1n) is 5.99. The fourth-order valence-corrected chi connectivity index (χ4v) is 1.75. The number of hydrogen-bond donors (Lipinski definition) is 1. The van der Waals surface area contributed by atoms with Gasteiger partial charge in [-0.1, -0.05) is 32.4 Å². The quantitative estimate of drug-likeness (QED) is 0.728. The van der Waals surface area contributed by atoms with Crippen molar-refractivity contribution in [1.82, 2.24) is 4.90 Å². The maximum Gasteiger partial charge on any atom is 0.224 e. The highest BCUT2D eigenvalue weighted by atomic mass is 16.2. The Morgan fingerprint density at radius 2 is 2.19 bits per heavy atom. The first-order valence-corrected chi connectivity index (χ1v) is 5.99. The molecule has 0 aromatic carbocycles. The van der Waals surface area contributed by atoms with Crippen molar-refractivity contribution in [2.75, 3.05) is 13.1 Å². The van der Waals surface area contributed by atoms with Crippen LogP contribution in [0.2, 0.25) is 0 Å². The van der Waals surface area contributed by atoms with Crippen LogP contribution in [0.4, 0.5) is 0 Å². The van der Waals surface area contributed by atoms with Gasteiger partial charge in [0.1, 0.15) is 0 Å². The fourth-order valence-electron chi connectivity index (χ4n) is 1.75. The molecule has 0 aromatic rings.